The molecule has 61 heavy (non-hydrogen) atoms. The number of alkyl carbamates (subject to hydrolysis) is 1. The fourth-order valence-corrected chi connectivity index (χ4v) is 5.31. The van der Waals surface area contributed by atoms with Gasteiger partial charge in [0.25, 0.3) is 11.5 Å². The number of amides is 5. The predicted octanol–water partition coefficient (Wildman–Crippen LogP) is 4.11. The standard InChI is InChI=1S/C40H48F3N9O9/c1-24(2)33(54)50-37-49-32-31(35(56)51-37)48-28(21-46-32)22-52(36(57)40(41,42)43)29-14-12-27(13-15-29)34(55)47-25(3)11-16-30(53)44-17-19-60-39(4,5)61-20-18-45-38(58)59-23-26-9-7-6-8-10-26/h6-10,12-15,21,24-25H,11,16-20,22-23H2,1-5H3,(H,44,53)(H,45,58)(H,47,55)(H2,46,49,50,51,54,56)/t25-/m1/s1. The number of benzene rings is 2. The number of H-pyrrole nitrogens is 1. The Morgan fingerprint density at radius 1 is 0.885 bits per heavy atom. The molecule has 5 N–H and O–H groups in total. The third kappa shape index (κ3) is 15.2. The number of hydrogen-bond donors (Lipinski definition) is 5. The molecule has 0 aliphatic rings. The Hall–Kier alpha value is -6.48. The molecule has 2 aromatic heterocycles. The zero-order valence-electron chi connectivity index (χ0n) is 34.2. The van der Waals surface area contributed by atoms with Gasteiger partial charge in [-0.1, -0.05) is 44.2 Å². The summed E-state index contributed by atoms with van der Waals surface area (Å²) < 4.78 is 57.6. The molecule has 21 heteroatoms. The van der Waals surface area contributed by atoms with E-state index in [4.69, 9.17) is 14.2 Å². The van der Waals surface area contributed by atoms with Gasteiger partial charge in [-0.3, -0.25) is 39.2 Å². The summed E-state index contributed by atoms with van der Waals surface area (Å²) in [5.74, 6) is -5.14. The Balaban J connectivity index is 1.21. The van der Waals surface area contributed by atoms with E-state index in [0.29, 0.717) is 4.90 Å². The first kappa shape index (κ1) is 47.2. The van der Waals surface area contributed by atoms with Crippen LogP contribution in [0.15, 0.2) is 65.6 Å². The van der Waals surface area contributed by atoms with Crippen LogP contribution in [-0.4, -0.2) is 94.0 Å². The maximum absolute atomic E-state index is 13.7. The Morgan fingerprint density at radius 2 is 1.54 bits per heavy atom. The second kappa shape index (κ2) is 21.7. The average molecular weight is 856 g/mol. The lowest BCUT2D eigenvalue weighted by molar-refractivity contribution is -0.211. The van der Waals surface area contributed by atoms with Gasteiger partial charge in [-0.25, -0.2) is 14.8 Å². The number of hydrogen-bond acceptors (Lipinski definition) is 12. The topological polar surface area (TPSA) is 236 Å². The first-order valence-corrected chi connectivity index (χ1v) is 19.2. The molecular weight excluding hydrogens is 807 g/mol. The van der Waals surface area contributed by atoms with Crippen LogP contribution in [0.2, 0.25) is 0 Å². The SMILES string of the molecule is CC(C)C(=O)Nc1nc2ncc(CN(C(=O)C(F)(F)F)c3ccc(C(=O)N[C@H](C)CCC(=O)NCCOC(C)(C)OCCNC(=O)OCc4ccccc4)cc3)nc2c(=O)[nH]1. The zero-order valence-corrected chi connectivity index (χ0v) is 34.2. The molecule has 0 aliphatic heterocycles. The van der Waals surface area contributed by atoms with Gasteiger partial charge < -0.3 is 30.2 Å². The third-order valence-corrected chi connectivity index (χ3v) is 8.57. The molecule has 0 bridgehead atoms. The van der Waals surface area contributed by atoms with Crippen molar-refractivity contribution >= 4 is 52.5 Å². The summed E-state index contributed by atoms with van der Waals surface area (Å²) in [7, 11) is 0. The number of aromatic amines is 1. The molecule has 0 unspecified atom stereocenters. The second-order valence-electron chi connectivity index (χ2n) is 14.4. The lowest BCUT2D eigenvalue weighted by Crippen LogP contribution is -2.41. The normalized spacial score (nSPS) is 12.1. The Morgan fingerprint density at radius 3 is 2.18 bits per heavy atom. The van der Waals surface area contributed by atoms with Crippen LogP contribution in [-0.2, 0) is 41.7 Å². The second-order valence-corrected chi connectivity index (χ2v) is 14.4. The number of aromatic nitrogens is 4. The Bertz CT molecular complexity index is 2200. The highest BCUT2D eigenvalue weighted by molar-refractivity contribution is 5.99. The minimum Gasteiger partial charge on any atom is -0.445 e. The molecule has 4 rings (SSSR count). The molecule has 0 saturated heterocycles. The molecule has 2 heterocycles. The van der Waals surface area contributed by atoms with Gasteiger partial charge in [0.1, 0.15) is 6.61 Å². The fourth-order valence-electron chi connectivity index (χ4n) is 5.31. The maximum atomic E-state index is 13.7. The number of nitrogens with zero attached hydrogens (tertiary/aromatic N) is 4. The lowest BCUT2D eigenvalue weighted by Gasteiger charge is -2.26. The van der Waals surface area contributed by atoms with Crippen molar-refractivity contribution in [1.29, 1.82) is 0 Å². The van der Waals surface area contributed by atoms with Crippen molar-refractivity contribution in [3.8, 4) is 0 Å². The van der Waals surface area contributed by atoms with E-state index in [9.17, 15) is 41.9 Å². The fraction of sp³-hybridized carbons (Fsp3) is 0.425. The van der Waals surface area contributed by atoms with E-state index in [-0.39, 0.29) is 85.7 Å². The Labute approximate surface area is 348 Å². The molecular formula is C40H48F3N9O9. The number of ether oxygens (including phenoxy) is 3. The van der Waals surface area contributed by atoms with E-state index in [2.05, 4.69) is 41.2 Å². The minimum atomic E-state index is -5.29. The van der Waals surface area contributed by atoms with E-state index in [1.54, 1.807) is 34.6 Å². The van der Waals surface area contributed by atoms with Crippen molar-refractivity contribution in [2.45, 2.75) is 78.6 Å². The number of rotatable bonds is 20. The van der Waals surface area contributed by atoms with Crippen LogP contribution >= 0.6 is 0 Å². The summed E-state index contributed by atoms with van der Waals surface area (Å²) in [5, 5.41) is 10.5. The van der Waals surface area contributed by atoms with Crippen LogP contribution in [0.5, 0.6) is 0 Å². The number of anilines is 2. The highest BCUT2D eigenvalue weighted by Crippen LogP contribution is 2.26. The largest absolute Gasteiger partial charge is 0.471 e. The van der Waals surface area contributed by atoms with Crippen molar-refractivity contribution in [3.63, 3.8) is 0 Å². The lowest BCUT2D eigenvalue weighted by atomic mass is 10.1. The van der Waals surface area contributed by atoms with Crippen LogP contribution in [0.3, 0.4) is 0 Å². The van der Waals surface area contributed by atoms with Gasteiger partial charge in [0, 0.05) is 42.7 Å². The predicted molar refractivity (Wildman–Crippen MR) is 215 cm³/mol. The molecule has 18 nitrogen and oxygen atoms in total. The number of alkyl halides is 3. The molecule has 328 valence electrons. The van der Waals surface area contributed by atoms with Crippen molar-refractivity contribution < 1.29 is 51.4 Å². The summed E-state index contributed by atoms with van der Waals surface area (Å²) in [4.78, 5) is 89.3. The van der Waals surface area contributed by atoms with Crippen molar-refractivity contribution in [1.82, 2.24) is 35.9 Å². The summed E-state index contributed by atoms with van der Waals surface area (Å²) in [5.41, 5.74) is -0.816. The quantitative estimate of drug-likeness (QED) is 0.0624. The number of nitrogens with one attached hydrogen (secondary N) is 5. The smallest absolute Gasteiger partial charge is 0.445 e. The summed E-state index contributed by atoms with van der Waals surface area (Å²) in [6, 6.07) is 13.5. The van der Waals surface area contributed by atoms with E-state index in [0.717, 1.165) is 23.9 Å². The monoisotopic (exact) mass is 855 g/mol. The van der Waals surface area contributed by atoms with Gasteiger partial charge in [-0.2, -0.15) is 18.2 Å². The highest BCUT2D eigenvalue weighted by atomic mass is 19.4. The molecule has 5 amide bonds. The molecule has 0 radical (unpaired) electrons. The van der Waals surface area contributed by atoms with Crippen LogP contribution in [0, 0.1) is 5.92 Å². The van der Waals surface area contributed by atoms with Gasteiger partial charge in [-0.05, 0) is 57.0 Å². The molecule has 0 fully saturated rings. The molecule has 4 aromatic rings. The molecule has 0 aliphatic carbocycles. The van der Waals surface area contributed by atoms with Gasteiger partial charge in [-0.15, -0.1) is 0 Å². The summed E-state index contributed by atoms with van der Waals surface area (Å²) in [6.45, 7) is 8.37. The molecule has 0 saturated carbocycles. The van der Waals surface area contributed by atoms with E-state index >= 15 is 0 Å². The van der Waals surface area contributed by atoms with Gasteiger partial charge in [0.05, 0.1) is 31.6 Å². The number of carbonyl (C=O) groups is 5. The summed E-state index contributed by atoms with van der Waals surface area (Å²) in [6.07, 6.45) is -4.49. The minimum absolute atomic E-state index is 0.0658. The molecule has 0 spiro atoms. The van der Waals surface area contributed by atoms with Crippen LogP contribution < -0.4 is 31.7 Å². The van der Waals surface area contributed by atoms with Crippen molar-refractivity contribution in [2.24, 2.45) is 5.92 Å². The third-order valence-electron chi connectivity index (χ3n) is 8.57. The number of halogens is 3. The number of carbonyl (C=O) groups excluding carboxylic acids is 5. The summed E-state index contributed by atoms with van der Waals surface area (Å²) >= 11 is 0. The van der Waals surface area contributed by atoms with Gasteiger partial charge in [0.2, 0.25) is 17.8 Å². The van der Waals surface area contributed by atoms with E-state index < -0.39 is 59.8 Å². The molecule has 1 atom stereocenters. The van der Waals surface area contributed by atoms with Crippen molar-refractivity contribution in [3.05, 3.63) is 88.0 Å². The first-order valence-electron chi connectivity index (χ1n) is 19.2. The van der Waals surface area contributed by atoms with Crippen molar-refractivity contribution in [2.75, 3.05) is 36.5 Å². The first-order chi connectivity index (χ1) is 28.8. The Kier molecular flexibility index (Phi) is 16.8. The van der Waals surface area contributed by atoms with E-state index in [1.807, 2.05) is 30.3 Å². The maximum Gasteiger partial charge on any atom is 0.471 e. The van der Waals surface area contributed by atoms with Gasteiger partial charge in [0.15, 0.2) is 17.0 Å². The van der Waals surface area contributed by atoms with E-state index in [1.165, 1.54) is 12.1 Å². The number of fused-ring (bicyclic) bond motifs is 1. The average Bonchev–Trinajstić information content (AvgIpc) is 3.21. The van der Waals surface area contributed by atoms with Crippen LogP contribution in [0.25, 0.3) is 11.2 Å². The van der Waals surface area contributed by atoms with Crippen LogP contribution in [0.1, 0.15) is 69.1 Å². The zero-order chi connectivity index (χ0) is 44.7. The van der Waals surface area contributed by atoms with Crippen LogP contribution in [0.4, 0.5) is 29.6 Å². The highest BCUT2D eigenvalue weighted by Gasteiger charge is 2.43. The van der Waals surface area contributed by atoms with Gasteiger partial charge >= 0.3 is 18.2 Å². The molecule has 2 aromatic carbocycles.